The van der Waals surface area contributed by atoms with Crippen molar-refractivity contribution in [3.8, 4) is 0 Å². The number of aryl methyl sites for hydroxylation is 2. The fourth-order valence-corrected chi connectivity index (χ4v) is 2.33. The minimum absolute atomic E-state index is 0.467. The third-order valence-corrected chi connectivity index (χ3v) is 3.81. The zero-order valence-corrected chi connectivity index (χ0v) is 10.4. The molecular weight excluding hydrogens is 214 g/mol. The molecule has 92 valence electrons. The van der Waals surface area contributed by atoms with Crippen LogP contribution in [0.1, 0.15) is 43.0 Å². The fraction of sp³-hybridized carbons (Fsp3) is 0.500. The van der Waals surface area contributed by atoms with Gasteiger partial charge in [-0.25, -0.2) is 0 Å². The number of carboxylic acid groups (broad SMARTS) is 1. The lowest BCUT2D eigenvalue weighted by Crippen LogP contribution is -2.36. The first-order valence-electron chi connectivity index (χ1n) is 6.03. The molecule has 0 fully saturated rings. The molecule has 0 aliphatic heterocycles. The molecule has 3 N–H and O–H groups in total. The van der Waals surface area contributed by atoms with Crippen LogP contribution in [0, 0.1) is 5.41 Å². The van der Waals surface area contributed by atoms with Gasteiger partial charge in [0.05, 0.1) is 5.41 Å². The van der Waals surface area contributed by atoms with Crippen molar-refractivity contribution in [3.63, 3.8) is 0 Å². The van der Waals surface area contributed by atoms with Gasteiger partial charge in [0.15, 0.2) is 0 Å². The Morgan fingerprint density at radius 3 is 2.65 bits per heavy atom. The molecule has 1 aromatic rings. The van der Waals surface area contributed by atoms with Gasteiger partial charge in [0.2, 0.25) is 0 Å². The Balaban J connectivity index is 2.32. The molecule has 3 heteroatoms. The van der Waals surface area contributed by atoms with Crippen LogP contribution < -0.4 is 5.73 Å². The second-order valence-corrected chi connectivity index (χ2v) is 5.39. The molecule has 0 saturated carbocycles. The molecule has 0 heterocycles. The maximum absolute atomic E-state index is 11.2. The van der Waals surface area contributed by atoms with Gasteiger partial charge in [-0.05, 0) is 49.8 Å². The summed E-state index contributed by atoms with van der Waals surface area (Å²) < 4.78 is 0. The molecule has 3 nitrogen and oxygen atoms in total. The predicted molar refractivity (Wildman–Crippen MR) is 66.8 cm³/mol. The molecule has 1 aliphatic carbocycles. The maximum atomic E-state index is 11.2. The van der Waals surface area contributed by atoms with E-state index in [1.165, 1.54) is 17.5 Å². The predicted octanol–water partition coefficient (Wildman–Crippen LogP) is 2.29. The van der Waals surface area contributed by atoms with Crippen molar-refractivity contribution in [2.45, 2.75) is 39.2 Å². The minimum Gasteiger partial charge on any atom is -0.481 e. The van der Waals surface area contributed by atoms with E-state index >= 15 is 0 Å². The number of benzene rings is 1. The molecule has 1 atom stereocenters. The summed E-state index contributed by atoms with van der Waals surface area (Å²) in [6.07, 6.45) is 3.41. The first-order chi connectivity index (χ1) is 7.93. The van der Waals surface area contributed by atoms with Crippen molar-refractivity contribution < 1.29 is 9.90 Å². The lowest BCUT2D eigenvalue weighted by Gasteiger charge is -2.27. The Labute approximate surface area is 102 Å². The molecule has 0 spiro atoms. The fourth-order valence-electron chi connectivity index (χ4n) is 2.33. The Morgan fingerprint density at radius 1 is 1.35 bits per heavy atom. The average molecular weight is 233 g/mol. The van der Waals surface area contributed by atoms with E-state index in [2.05, 4.69) is 12.1 Å². The molecule has 1 aromatic carbocycles. The summed E-state index contributed by atoms with van der Waals surface area (Å²) in [6, 6.07) is 5.68. The highest BCUT2D eigenvalue weighted by atomic mass is 16.4. The second-order valence-electron chi connectivity index (χ2n) is 5.39. The highest BCUT2D eigenvalue weighted by molar-refractivity contribution is 5.75. The largest absolute Gasteiger partial charge is 0.481 e. The minimum atomic E-state index is -0.938. The van der Waals surface area contributed by atoms with Crippen LogP contribution in [-0.2, 0) is 17.6 Å². The monoisotopic (exact) mass is 233 g/mol. The Hall–Kier alpha value is -1.35. The Kier molecular flexibility index (Phi) is 2.96. The molecule has 0 radical (unpaired) electrons. The van der Waals surface area contributed by atoms with E-state index in [-0.39, 0.29) is 0 Å². The number of hydrogen-bond acceptors (Lipinski definition) is 2. The molecule has 0 bridgehead atoms. The third kappa shape index (κ3) is 2.07. The molecule has 0 aromatic heterocycles. The van der Waals surface area contributed by atoms with Crippen molar-refractivity contribution in [1.82, 2.24) is 0 Å². The molecule has 17 heavy (non-hydrogen) atoms. The van der Waals surface area contributed by atoms with Crippen LogP contribution in [0.5, 0.6) is 0 Å². The third-order valence-electron chi connectivity index (χ3n) is 3.81. The summed E-state index contributed by atoms with van der Waals surface area (Å²) in [5.41, 5.74) is 8.79. The SMILES string of the molecule is CC(C)(C(=O)O)C(N)c1ccc2c(c1)CCC2. The summed E-state index contributed by atoms with van der Waals surface area (Å²) in [7, 11) is 0. The Bertz CT molecular complexity index is 452. The lowest BCUT2D eigenvalue weighted by atomic mass is 9.80. The number of hydrogen-bond donors (Lipinski definition) is 2. The van der Waals surface area contributed by atoms with Crippen LogP contribution in [0.3, 0.4) is 0 Å². The Morgan fingerprint density at radius 2 is 2.00 bits per heavy atom. The molecular formula is C14H19NO2. The summed E-state index contributed by atoms with van der Waals surface area (Å²) >= 11 is 0. The van der Waals surface area contributed by atoms with Gasteiger partial charge in [-0.1, -0.05) is 18.2 Å². The van der Waals surface area contributed by atoms with Crippen molar-refractivity contribution in [2.24, 2.45) is 11.1 Å². The van der Waals surface area contributed by atoms with Crippen molar-refractivity contribution in [2.75, 3.05) is 0 Å². The molecule has 1 unspecified atom stereocenters. The van der Waals surface area contributed by atoms with Gasteiger partial charge in [-0.2, -0.15) is 0 Å². The van der Waals surface area contributed by atoms with E-state index in [9.17, 15) is 9.90 Å². The van der Waals surface area contributed by atoms with Crippen LogP contribution in [0.2, 0.25) is 0 Å². The van der Waals surface area contributed by atoms with E-state index in [4.69, 9.17) is 5.73 Å². The van der Waals surface area contributed by atoms with Crippen LogP contribution in [0.25, 0.3) is 0 Å². The van der Waals surface area contributed by atoms with Gasteiger partial charge in [-0.3, -0.25) is 4.79 Å². The summed E-state index contributed by atoms with van der Waals surface area (Å²) in [5.74, 6) is -0.856. The van der Waals surface area contributed by atoms with E-state index in [0.29, 0.717) is 0 Å². The van der Waals surface area contributed by atoms with Crippen molar-refractivity contribution >= 4 is 5.97 Å². The number of nitrogens with two attached hydrogens (primary N) is 1. The number of carbonyl (C=O) groups is 1. The second kappa shape index (κ2) is 4.15. The van der Waals surface area contributed by atoms with Gasteiger partial charge in [-0.15, -0.1) is 0 Å². The molecule has 1 aliphatic rings. The number of rotatable bonds is 3. The van der Waals surface area contributed by atoms with E-state index in [1.54, 1.807) is 13.8 Å². The molecule has 2 rings (SSSR count). The van der Waals surface area contributed by atoms with Gasteiger partial charge in [0.25, 0.3) is 0 Å². The van der Waals surface area contributed by atoms with E-state index in [1.807, 2.05) is 6.07 Å². The van der Waals surface area contributed by atoms with Crippen LogP contribution in [0.4, 0.5) is 0 Å². The van der Waals surface area contributed by atoms with Crippen LogP contribution >= 0.6 is 0 Å². The first kappa shape index (κ1) is 12.1. The van der Waals surface area contributed by atoms with E-state index in [0.717, 1.165) is 18.4 Å². The van der Waals surface area contributed by atoms with Gasteiger partial charge in [0, 0.05) is 6.04 Å². The maximum Gasteiger partial charge on any atom is 0.311 e. The topological polar surface area (TPSA) is 63.3 Å². The van der Waals surface area contributed by atoms with Crippen molar-refractivity contribution in [3.05, 3.63) is 34.9 Å². The van der Waals surface area contributed by atoms with Crippen molar-refractivity contribution in [1.29, 1.82) is 0 Å². The standard InChI is InChI=1S/C14H19NO2/c1-14(2,13(16)17)12(15)11-7-6-9-4-3-5-10(9)8-11/h6-8,12H,3-5,15H2,1-2H3,(H,16,17). The zero-order valence-electron chi connectivity index (χ0n) is 10.4. The summed E-state index contributed by atoms with van der Waals surface area (Å²) in [6.45, 7) is 3.35. The zero-order chi connectivity index (χ0) is 12.6. The van der Waals surface area contributed by atoms with Crippen LogP contribution in [-0.4, -0.2) is 11.1 Å². The number of aliphatic carboxylic acids is 1. The van der Waals surface area contributed by atoms with E-state index < -0.39 is 17.4 Å². The highest BCUT2D eigenvalue weighted by Gasteiger charge is 2.35. The van der Waals surface area contributed by atoms with Crippen LogP contribution in [0.15, 0.2) is 18.2 Å². The highest BCUT2D eigenvalue weighted by Crippen LogP contribution is 2.33. The average Bonchev–Trinajstić information content (AvgIpc) is 2.74. The quantitative estimate of drug-likeness (QED) is 0.842. The summed E-state index contributed by atoms with van der Waals surface area (Å²) in [5, 5.41) is 9.19. The normalized spacial score (nSPS) is 16.6. The lowest BCUT2D eigenvalue weighted by molar-refractivity contribution is -0.148. The first-order valence-corrected chi connectivity index (χ1v) is 6.03. The number of fused-ring (bicyclic) bond motifs is 1. The summed E-state index contributed by atoms with van der Waals surface area (Å²) in [4.78, 5) is 11.2. The smallest absolute Gasteiger partial charge is 0.311 e. The molecule has 0 saturated heterocycles. The number of carboxylic acids is 1. The van der Waals surface area contributed by atoms with Gasteiger partial charge in [0.1, 0.15) is 0 Å². The molecule has 0 amide bonds. The van der Waals surface area contributed by atoms with Gasteiger partial charge < -0.3 is 10.8 Å². The van der Waals surface area contributed by atoms with Gasteiger partial charge >= 0.3 is 5.97 Å².